The van der Waals surface area contributed by atoms with Crippen molar-refractivity contribution in [1.29, 1.82) is 0 Å². The lowest BCUT2D eigenvalue weighted by molar-refractivity contribution is -0.127. The van der Waals surface area contributed by atoms with Crippen LogP contribution in [-0.2, 0) is 14.3 Å². The Morgan fingerprint density at radius 2 is 2.15 bits per heavy atom. The second kappa shape index (κ2) is 7.38. The second-order valence-electron chi connectivity index (χ2n) is 5.04. The van der Waals surface area contributed by atoms with E-state index >= 15 is 0 Å². The molecule has 5 heteroatoms. The van der Waals surface area contributed by atoms with Crippen LogP contribution < -0.4 is 11.1 Å². The minimum absolute atomic E-state index is 0.0597. The zero-order valence-corrected chi connectivity index (χ0v) is 11.7. The highest BCUT2D eigenvalue weighted by molar-refractivity contribution is 5.79. The van der Waals surface area contributed by atoms with Crippen molar-refractivity contribution >= 4 is 5.91 Å². The van der Waals surface area contributed by atoms with E-state index in [1.54, 1.807) is 0 Å². The number of hydrogen-bond acceptors (Lipinski definition) is 4. The maximum Gasteiger partial charge on any atom is 0.224 e. The van der Waals surface area contributed by atoms with Crippen molar-refractivity contribution in [3.05, 3.63) is 35.9 Å². The van der Waals surface area contributed by atoms with E-state index in [0.29, 0.717) is 26.4 Å². The highest BCUT2D eigenvalue weighted by Gasteiger charge is 2.23. The van der Waals surface area contributed by atoms with Crippen molar-refractivity contribution in [2.45, 2.75) is 19.1 Å². The molecular formula is C15H22N2O3. The highest BCUT2D eigenvalue weighted by Crippen LogP contribution is 2.19. The summed E-state index contributed by atoms with van der Waals surface area (Å²) in [6.07, 6.45) is -0.0622. The summed E-state index contributed by atoms with van der Waals surface area (Å²) in [7, 11) is 0. The predicted octanol–water partition coefficient (Wildman–Crippen LogP) is 0.854. The Bertz CT molecular complexity index is 418. The molecule has 1 aromatic carbocycles. The molecule has 2 rings (SSSR count). The Hall–Kier alpha value is -1.43. The molecule has 5 nitrogen and oxygen atoms in total. The maximum atomic E-state index is 12.1. The van der Waals surface area contributed by atoms with Gasteiger partial charge < -0.3 is 20.5 Å². The minimum atomic E-state index is -0.306. The average Bonchev–Trinajstić information content (AvgIpc) is 2.53. The van der Waals surface area contributed by atoms with Crippen molar-refractivity contribution in [3.8, 4) is 0 Å². The van der Waals surface area contributed by atoms with E-state index in [2.05, 4.69) is 5.32 Å². The summed E-state index contributed by atoms with van der Waals surface area (Å²) in [6.45, 7) is 4.04. The van der Waals surface area contributed by atoms with E-state index in [4.69, 9.17) is 15.2 Å². The first kappa shape index (κ1) is 15.0. The summed E-state index contributed by atoms with van der Waals surface area (Å²) in [6, 6.07) is 9.35. The van der Waals surface area contributed by atoms with E-state index in [1.807, 2.05) is 37.3 Å². The molecule has 0 saturated carbocycles. The van der Waals surface area contributed by atoms with Gasteiger partial charge in [-0.25, -0.2) is 0 Å². The van der Waals surface area contributed by atoms with Crippen molar-refractivity contribution in [1.82, 2.24) is 5.32 Å². The molecule has 1 aliphatic rings. The molecule has 3 atom stereocenters. The van der Waals surface area contributed by atoms with Crippen LogP contribution in [0.1, 0.15) is 18.5 Å². The van der Waals surface area contributed by atoms with Gasteiger partial charge in [-0.2, -0.15) is 0 Å². The van der Waals surface area contributed by atoms with Gasteiger partial charge in [0.2, 0.25) is 5.91 Å². The van der Waals surface area contributed by atoms with Crippen LogP contribution >= 0.6 is 0 Å². The molecule has 1 amide bonds. The van der Waals surface area contributed by atoms with Crippen LogP contribution in [0.3, 0.4) is 0 Å². The van der Waals surface area contributed by atoms with Gasteiger partial charge in [-0.05, 0) is 5.56 Å². The molecule has 0 bridgehead atoms. The Balaban J connectivity index is 1.82. The molecule has 0 spiro atoms. The standard InChI is InChI=1S/C15H22N2O3/c1-11(14(16)12-5-3-2-4-6-12)15(18)17-9-13-10-19-7-8-20-13/h2-6,11,13-14H,7-10,16H2,1H3,(H,17,18). The predicted molar refractivity (Wildman–Crippen MR) is 76.1 cm³/mol. The number of amides is 1. The molecule has 1 aromatic rings. The van der Waals surface area contributed by atoms with Crippen LogP contribution in [0.5, 0.6) is 0 Å². The molecule has 20 heavy (non-hydrogen) atoms. The fraction of sp³-hybridized carbons (Fsp3) is 0.533. The molecule has 1 heterocycles. The highest BCUT2D eigenvalue weighted by atomic mass is 16.6. The van der Waals surface area contributed by atoms with Crippen LogP contribution in [0.4, 0.5) is 0 Å². The van der Waals surface area contributed by atoms with E-state index in [-0.39, 0.29) is 24.0 Å². The molecule has 0 aliphatic carbocycles. The van der Waals surface area contributed by atoms with Gasteiger partial charge in [0.1, 0.15) is 0 Å². The molecular weight excluding hydrogens is 256 g/mol. The molecule has 0 aromatic heterocycles. The third-order valence-electron chi connectivity index (χ3n) is 3.53. The lowest BCUT2D eigenvalue weighted by Crippen LogP contribution is -2.43. The third-order valence-corrected chi connectivity index (χ3v) is 3.53. The van der Waals surface area contributed by atoms with E-state index in [1.165, 1.54) is 0 Å². The van der Waals surface area contributed by atoms with E-state index in [9.17, 15) is 4.79 Å². The Labute approximate surface area is 119 Å². The van der Waals surface area contributed by atoms with Crippen molar-refractivity contribution < 1.29 is 14.3 Å². The SMILES string of the molecule is CC(C(=O)NCC1COCCO1)C(N)c1ccccc1. The van der Waals surface area contributed by atoms with Crippen LogP contribution in [0.25, 0.3) is 0 Å². The summed E-state index contributed by atoms with van der Waals surface area (Å²) >= 11 is 0. The molecule has 1 fully saturated rings. The normalized spacial score (nSPS) is 22.0. The zero-order chi connectivity index (χ0) is 14.4. The van der Waals surface area contributed by atoms with Gasteiger partial charge >= 0.3 is 0 Å². The van der Waals surface area contributed by atoms with Crippen molar-refractivity contribution in [2.75, 3.05) is 26.4 Å². The molecule has 110 valence electrons. The first-order valence-corrected chi connectivity index (χ1v) is 6.96. The smallest absolute Gasteiger partial charge is 0.224 e. The average molecular weight is 278 g/mol. The summed E-state index contributed by atoms with van der Waals surface area (Å²) in [5.41, 5.74) is 7.10. The molecule has 1 saturated heterocycles. The number of hydrogen-bond donors (Lipinski definition) is 2. The Morgan fingerprint density at radius 3 is 2.80 bits per heavy atom. The van der Waals surface area contributed by atoms with Crippen LogP contribution in [-0.4, -0.2) is 38.4 Å². The minimum Gasteiger partial charge on any atom is -0.376 e. The van der Waals surface area contributed by atoms with Crippen molar-refractivity contribution in [2.24, 2.45) is 11.7 Å². The van der Waals surface area contributed by atoms with E-state index in [0.717, 1.165) is 5.56 Å². The van der Waals surface area contributed by atoms with Crippen LogP contribution in [0.15, 0.2) is 30.3 Å². The van der Waals surface area contributed by atoms with Gasteiger partial charge in [-0.15, -0.1) is 0 Å². The largest absolute Gasteiger partial charge is 0.376 e. The molecule has 3 N–H and O–H groups in total. The molecule has 0 radical (unpaired) electrons. The van der Waals surface area contributed by atoms with Crippen LogP contribution in [0.2, 0.25) is 0 Å². The fourth-order valence-corrected chi connectivity index (χ4v) is 2.16. The van der Waals surface area contributed by atoms with Gasteiger partial charge in [-0.3, -0.25) is 4.79 Å². The number of carbonyl (C=O) groups is 1. The summed E-state index contributed by atoms with van der Waals surface area (Å²) in [5.74, 6) is -0.350. The number of nitrogens with one attached hydrogen (secondary N) is 1. The number of carbonyl (C=O) groups excluding carboxylic acids is 1. The molecule has 3 unspecified atom stereocenters. The fourth-order valence-electron chi connectivity index (χ4n) is 2.16. The number of ether oxygens (including phenoxy) is 2. The van der Waals surface area contributed by atoms with Gasteiger partial charge in [0.25, 0.3) is 0 Å². The van der Waals surface area contributed by atoms with Crippen LogP contribution in [0, 0.1) is 5.92 Å². The lowest BCUT2D eigenvalue weighted by atomic mass is 9.94. The first-order chi connectivity index (χ1) is 9.68. The summed E-state index contributed by atoms with van der Waals surface area (Å²) in [4.78, 5) is 12.1. The monoisotopic (exact) mass is 278 g/mol. The number of rotatable bonds is 5. The Morgan fingerprint density at radius 1 is 1.40 bits per heavy atom. The van der Waals surface area contributed by atoms with Crippen molar-refractivity contribution in [3.63, 3.8) is 0 Å². The quantitative estimate of drug-likeness (QED) is 0.837. The zero-order valence-electron chi connectivity index (χ0n) is 11.7. The van der Waals surface area contributed by atoms with Gasteiger partial charge in [0.15, 0.2) is 0 Å². The Kier molecular flexibility index (Phi) is 5.52. The maximum absolute atomic E-state index is 12.1. The van der Waals surface area contributed by atoms with E-state index < -0.39 is 0 Å². The third kappa shape index (κ3) is 4.03. The summed E-state index contributed by atoms with van der Waals surface area (Å²) in [5, 5.41) is 2.88. The number of benzene rings is 1. The number of nitrogens with two attached hydrogens (primary N) is 1. The van der Waals surface area contributed by atoms with Gasteiger partial charge in [0.05, 0.1) is 31.8 Å². The molecule has 1 aliphatic heterocycles. The first-order valence-electron chi connectivity index (χ1n) is 6.96. The van der Waals surface area contributed by atoms with Gasteiger partial charge in [0, 0.05) is 12.6 Å². The topological polar surface area (TPSA) is 73.6 Å². The lowest BCUT2D eigenvalue weighted by Gasteiger charge is -2.25. The second-order valence-corrected chi connectivity index (χ2v) is 5.04. The summed E-state index contributed by atoms with van der Waals surface area (Å²) < 4.78 is 10.8. The van der Waals surface area contributed by atoms with Gasteiger partial charge in [-0.1, -0.05) is 37.3 Å².